The number of benzene rings is 2. The molecule has 2 aromatic rings. The summed E-state index contributed by atoms with van der Waals surface area (Å²) in [6, 6.07) is 10.5. The van der Waals surface area contributed by atoms with Crippen molar-refractivity contribution in [1.82, 2.24) is 9.62 Å². The fraction of sp³-hybridized carbons (Fsp3) is 0.458. The normalized spacial score (nSPS) is 11.4. The molecular formula is C24H34N2O5S. The molecule has 0 atom stereocenters. The second-order valence-electron chi connectivity index (χ2n) is 7.22. The zero-order valence-corrected chi connectivity index (χ0v) is 20.4. The Kier molecular flexibility index (Phi) is 9.53. The maximum atomic E-state index is 12.9. The van der Waals surface area contributed by atoms with Crippen molar-refractivity contribution >= 4 is 15.9 Å². The lowest BCUT2D eigenvalue weighted by molar-refractivity contribution is 0.0954. The van der Waals surface area contributed by atoms with E-state index in [0.717, 1.165) is 5.56 Å². The molecule has 0 unspecified atom stereocenters. The molecule has 176 valence electrons. The highest BCUT2D eigenvalue weighted by molar-refractivity contribution is 7.89. The molecular weight excluding hydrogens is 428 g/mol. The van der Waals surface area contributed by atoms with Crippen molar-refractivity contribution in [3.05, 3.63) is 53.1 Å². The molecule has 0 spiro atoms. The van der Waals surface area contributed by atoms with Crippen LogP contribution in [0.15, 0.2) is 41.3 Å². The number of carbonyl (C=O) groups excluding carboxylic acids is 1. The third-order valence-electron chi connectivity index (χ3n) is 5.08. The maximum absolute atomic E-state index is 12.9. The minimum absolute atomic E-state index is 0.168. The second kappa shape index (κ2) is 11.9. The van der Waals surface area contributed by atoms with Gasteiger partial charge in [-0.1, -0.05) is 26.0 Å². The Morgan fingerprint density at radius 2 is 1.59 bits per heavy atom. The number of amides is 1. The van der Waals surface area contributed by atoms with Crippen LogP contribution in [0.2, 0.25) is 0 Å². The summed E-state index contributed by atoms with van der Waals surface area (Å²) in [6.07, 6.45) is 0.606. The van der Waals surface area contributed by atoms with Gasteiger partial charge in [0, 0.05) is 25.2 Å². The van der Waals surface area contributed by atoms with Crippen LogP contribution >= 0.6 is 0 Å². The predicted octanol–water partition coefficient (Wildman–Crippen LogP) is 3.80. The van der Waals surface area contributed by atoms with Crippen molar-refractivity contribution in [3.8, 4) is 11.5 Å². The first-order valence-corrected chi connectivity index (χ1v) is 12.5. The molecule has 7 nitrogen and oxygen atoms in total. The minimum atomic E-state index is -3.64. The average molecular weight is 463 g/mol. The van der Waals surface area contributed by atoms with Gasteiger partial charge in [0.2, 0.25) is 10.0 Å². The van der Waals surface area contributed by atoms with Gasteiger partial charge in [0.15, 0.2) is 11.5 Å². The smallest absolute Gasteiger partial charge is 0.251 e. The first-order chi connectivity index (χ1) is 15.3. The van der Waals surface area contributed by atoms with Gasteiger partial charge in [-0.3, -0.25) is 4.79 Å². The Hall–Kier alpha value is -2.58. The van der Waals surface area contributed by atoms with Crippen molar-refractivity contribution in [2.45, 2.75) is 45.9 Å². The fourth-order valence-corrected chi connectivity index (χ4v) is 5.10. The summed E-state index contributed by atoms with van der Waals surface area (Å²) in [5.41, 5.74) is 1.94. The molecule has 1 N–H and O–H groups in total. The van der Waals surface area contributed by atoms with Gasteiger partial charge >= 0.3 is 0 Å². The van der Waals surface area contributed by atoms with Gasteiger partial charge in [0.25, 0.3) is 5.91 Å². The molecule has 0 saturated heterocycles. The number of rotatable bonds is 12. The van der Waals surface area contributed by atoms with Gasteiger partial charge in [0.1, 0.15) is 0 Å². The highest BCUT2D eigenvalue weighted by atomic mass is 32.2. The van der Waals surface area contributed by atoms with E-state index in [4.69, 9.17) is 9.47 Å². The lowest BCUT2D eigenvalue weighted by Gasteiger charge is -2.20. The Labute approximate surface area is 191 Å². The fourth-order valence-electron chi connectivity index (χ4n) is 3.40. The predicted molar refractivity (Wildman–Crippen MR) is 126 cm³/mol. The molecule has 0 aliphatic heterocycles. The van der Waals surface area contributed by atoms with Crippen LogP contribution in [0.25, 0.3) is 0 Å². The lowest BCUT2D eigenvalue weighted by Crippen LogP contribution is -2.31. The highest BCUT2D eigenvalue weighted by Crippen LogP contribution is 2.28. The first kappa shape index (κ1) is 25.7. The van der Waals surface area contributed by atoms with E-state index >= 15 is 0 Å². The topological polar surface area (TPSA) is 84.9 Å². The van der Waals surface area contributed by atoms with Crippen molar-refractivity contribution in [1.29, 1.82) is 0 Å². The Balaban J connectivity index is 2.10. The molecule has 0 heterocycles. The number of nitrogens with zero attached hydrogens (tertiary/aromatic N) is 1. The summed E-state index contributed by atoms with van der Waals surface area (Å²) >= 11 is 0. The van der Waals surface area contributed by atoms with E-state index in [0.29, 0.717) is 61.9 Å². The molecule has 0 saturated carbocycles. The van der Waals surface area contributed by atoms with E-state index in [1.165, 1.54) is 10.4 Å². The van der Waals surface area contributed by atoms with Gasteiger partial charge in [-0.15, -0.1) is 0 Å². The zero-order chi connectivity index (χ0) is 23.7. The van der Waals surface area contributed by atoms with E-state index in [9.17, 15) is 13.2 Å². The van der Waals surface area contributed by atoms with Crippen molar-refractivity contribution in [2.75, 3.05) is 32.8 Å². The Bertz CT molecular complexity index is 1020. The van der Waals surface area contributed by atoms with Crippen LogP contribution in [0.1, 0.15) is 49.2 Å². The number of nitrogens with one attached hydrogen (secondary N) is 1. The Morgan fingerprint density at radius 1 is 0.938 bits per heavy atom. The Morgan fingerprint density at radius 3 is 2.22 bits per heavy atom. The molecule has 1 amide bonds. The third kappa shape index (κ3) is 6.23. The maximum Gasteiger partial charge on any atom is 0.251 e. The molecule has 0 bridgehead atoms. The number of hydrogen-bond acceptors (Lipinski definition) is 5. The van der Waals surface area contributed by atoms with Crippen LogP contribution in [0.3, 0.4) is 0 Å². The van der Waals surface area contributed by atoms with Gasteiger partial charge < -0.3 is 14.8 Å². The molecule has 32 heavy (non-hydrogen) atoms. The number of sulfonamides is 1. The van der Waals surface area contributed by atoms with E-state index in [1.54, 1.807) is 32.9 Å². The highest BCUT2D eigenvalue weighted by Gasteiger charge is 2.24. The SMILES string of the molecule is CCOc1ccc(CCNC(=O)c2ccc(C)c(S(=O)(=O)N(CC)CC)c2)cc1OCC. The zero-order valence-electron chi connectivity index (χ0n) is 19.6. The van der Waals surface area contributed by atoms with E-state index in [-0.39, 0.29) is 10.8 Å². The molecule has 0 radical (unpaired) electrons. The molecule has 2 rings (SSSR count). The lowest BCUT2D eigenvalue weighted by atomic mass is 10.1. The first-order valence-electron chi connectivity index (χ1n) is 11.1. The molecule has 0 aromatic heterocycles. The summed E-state index contributed by atoms with van der Waals surface area (Å²) in [5.74, 6) is 1.07. The summed E-state index contributed by atoms with van der Waals surface area (Å²) < 4.78 is 38.5. The third-order valence-corrected chi connectivity index (χ3v) is 7.27. The van der Waals surface area contributed by atoms with Crippen LogP contribution in [0.4, 0.5) is 0 Å². The van der Waals surface area contributed by atoms with E-state index < -0.39 is 10.0 Å². The van der Waals surface area contributed by atoms with Gasteiger partial charge in [-0.25, -0.2) is 8.42 Å². The molecule has 0 fully saturated rings. The number of carbonyl (C=O) groups is 1. The van der Waals surface area contributed by atoms with Crippen molar-refractivity contribution in [3.63, 3.8) is 0 Å². The summed E-state index contributed by atoms with van der Waals surface area (Å²) in [4.78, 5) is 12.8. The summed E-state index contributed by atoms with van der Waals surface area (Å²) in [6.45, 7) is 11.4. The number of hydrogen-bond donors (Lipinski definition) is 1. The number of aryl methyl sites for hydroxylation is 1. The quantitative estimate of drug-likeness (QED) is 0.519. The van der Waals surface area contributed by atoms with Crippen LogP contribution in [0.5, 0.6) is 11.5 Å². The standard InChI is InChI=1S/C24H34N2O5S/c1-6-26(7-2)32(28,29)23-17-20(12-10-18(23)5)24(27)25-15-14-19-11-13-21(30-8-3)22(16-19)31-9-4/h10-13,16-17H,6-9,14-15H2,1-5H3,(H,25,27). The van der Waals surface area contributed by atoms with Crippen molar-refractivity contribution in [2.24, 2.45) is 0 Å². The van der Waals surface area contributed by atoms with Crippen LogP contribution in [0, 0.1) is 6.92 Å². The van der Waals surface area contributed by atoms with Crippen molar-refractivity contribution < 1.29 is 22.7 Å². The van der Waals surface area contributed by atoms with Crippen LogP contribution in [-0.4, -0.2) is 51.5 Å². The van der Waals surface area contributed by atoms with Crippen LogP contribution < -0.4 is 14.8 Å². The summed E-state index contributed by atoms with van der Waals surface area (Å²) in [5, 5.41) is 2.87. The van der Waals surface area contributed by atoms with E-state index in [2.05, 4.69) is 5.32 Å². The molecule has 0 aliphatic rings. The molecule has 0 aliphatic carbocycles. The molecule has 2 aromatic carbocycles. The minimum Gasteiger partial charge on any atom is -0.490 e. The number of ether oxygens (including phenoxy) is 2. The summed E-state index contributed by atoms with van der Waals surface area (Å²) in [7, 11) is -3.64. The second-order valence-corrected chi connectivity index (χ2v) is 9.13. The van der Waals surface area contributed by atoms with E-state index in [1.807, 2.05) is 32.0 Å². The monoisotopic (exact) mass is 462 g/mol. The molecule has 8 heteroatoms. The van der Waals surface area contributed by atoms with Crippen LogP contribution in [-0.2, 0) is 16.4 Å². The van der Waals surface area contributed by atoms with Gasteiger partial charge in [-0.2, -0.15) is 4.31 Å². The average Bonchev–Trinajstić information content (AvgIpc) is 2.76. The van der Waals surface area contributed by atoms with Gasteiger partial charge in [-0.05, 0) is 62.6 Å². The largest absolute Gasteiger partial charge is 0.490 e. The van der Waals surface area contributed by atoms with Gasteiger partial charge in [0.05, 0.1) is 18.1 Å².